The summed E-state index contributed by atoms with van der Waals surface area (Å²) >= 11 is 0. The van der Waals surface area contributed by atoms with Crippen LogP contribution in [0.25, 0.3) is 0 Å². The van der Waals surface area contributed by atoms with Crippen molar-refractivity contribution < 1.29 is 8.78 Å². The average molecular weight is 232 g/mol. The molecule has 2 rings (SSSR count). The van der Waals surface area contributed by atoms with Gasteiger partial charge in [-0.05, 0) is 38.9 Å². The van der Waals surface area contributed by atoms with Gasteiger partial charge in [-0.15, -0.1) is 0 Å². The molecule has 2 aliphatic rings. The maximum Gasteiger partial charge on any atom is 0.275 e. The minimum Gasteiger partial charge on any atom is -0.300 e. The van der Waals surface area contributed by atoms with E-state index in [0.717, 1.165) is 32.5 Å². The molecular weight excluding hydrogens is 210 g/mol. The SMILES string of the molecule is CCC1CCN(C2CCN(C)CC2(F)F)C1. The van der Waals surface area contributed by atoms with Crippen LogP contribution in [0.4, 0.5) is 8.78 Å². The van der Waals surface area contributed by atoms with Crippen LogP contribution in [0.1, 0.15) is 26.2 Å². The Bertz CT molecular complexity index is 245. The summed E-state index contributed by atoms with van der Waals surface area (Å²) < 4.78 is 27.8. The normalized spacial score (nSPS) is 36.8. The van der Waals surface area contributed by atoms with Crippen molar-refractivity contribution in [2.75, 3.05) is 33.2 Å². The third-order valence-corrected chi connectivity index (χ3v) is 4.09. The molecule has 2 fully saturated rings. The van der Waals surface area contributed by atoms with E-state index in [1.807, 2.05) is 4.90 Å². The Morgan fingerprint density at radius 1 is 1.25 bits per heavy atom. The third kappa shape index (κ3) is 2.38. The lowest BCUT2D eigenvalue weighted by Crippen LogP contribution is -2.57. The summed E-state index contributed by atoms with van der Waals surface area (Å²) in [4.78, 5) is 3.77. The average Bonchev–Trinajstić information content (AvgIpc) is 2.64. The topological polar surface area (TPSA) is 6.48 Å². The number of halogens is 2. The zero-order valence-electron chi connectivity index (χ0n) is 10.3. The summed E-state index contributed by atoms with van der Waals surface area (Å²) in [5, 5.41) is 0. The van der Waals surface area contributed by atoms with Crippen LogP contribution in [0, 0.1) is 5.92 Å². The molecule has 0 saturated carbocycles. The number of likely N-dealkylation sites (tertiary alicyclic amines) is 2. The zero-order chi connectivity index (χ0) is 11.8. The van der Waals surface area contributed by atoms with Crippen molar-refractivity contribution in [2.45, 2.75) is 38.2 Å². The van der Waals surface area contributed by atoms with Crippen molar-refractivity contribution in [3.8, 4) is 0 Å². The number of hydrogen-bond donors (Lipinski definition) is 0. The maximum absolute atomic E-state index is 13.9. The fraction of sp³-hybridized carbons (Fsp3) is 1.00. The molecule has 2 atom stereocenters. The first-order chi connectivity index (χ1) is 7.53. The molecule has 0 amide bonds. The highest BCUT2D eigenvalue weighted by Crippen LogP contribution is 2.34. The minimum absolute atomic E-state index is 0.0784. The highest BCUT2D eigenvalue weighted by Gasteiger charge is 2.47. The lowest BCUT2D eigenvalue weighted by molar-refractivity contribution is -0.118. The molecule has 0 spiro atoms. The van der Waals surface area contributed by atoms with Gasteiger partial charge in [-0.25, -0.2) is 8.78 Å². The van der Waals surface area contributed by atoms with E-state index in [0.29, 0.717) is 12.3 Å². The smallest absolute Gasteiger partial charge is 0.275 e. The van der Waals surface area contributed by atoms with Gasteiger partial charge in [0.2, 0.25) is 0 Å². The van der Waals surface area contributed by atoms with E-state index in [1.54, 1.807) is 11.9 Å². The molecular formula is C12H22F2N2. The quantitative estimate of drug-likeness (QED) is 0.719. The Hall–Kier alpha value is -0.220. The van der Waals surface area contributed by atoms with Gasteiger partial charge in [-0.1, -0.05) is 13.3 Å². The summed E-state index contributed by atoms with van der Waals surface area (Å²) in [6, 6.07) is -0.514. The zero-order valence-corrected chi connectivity index (χ0v) is 10.3. The number of alkyl halides is 2. The number of nitrogens with zero attached hydrogens (tertiary/aromatic N) is 2. The molecule has 16 heavy (non-hydrogen) atoms. The molecule has 2 saturated heterocycles. The Morgan fingerprint density at radius 2 is 2.00 bits per heavy atom. The van der Waals surface area contributed by atoms with Crippen molar-refractivity contribution in [1.82, 2.24) is 9.80 Å². The Morgan fingerprint density at radius 3 is 2.56 bits per heavy atom. The Labute approximate surface area is 96.6 Å². The molecule has 0 aromatic rings. The fourth-order valence-electron chi connectivity index (χ4n) is 3.03. The van der Waals surface area contributed by atoms with E-state index >= 15 is 0 Å². The molecule has 0 aromatic heterocycles. The summed E-state index contributed by atoms with van der Waals surface area (Å²) in [6.45, 7) is 4.61. The van der Waals surface area contributed by atoms with Crippen LogP contribution in [0.2, 0.25) is 0 Å². The van der Waals surface area contributed by atoms with E-state index < -0.39 is 12.0 Å². The van der Waals surface area contributed by atoms with Gasteiger partial charge < -0.3 is 4.90 Å². The molecule has 0 aliphatic carbocycles. The number of rotatable bonds is 2. The lowest BCUT2D eigenvalue weighted by Gasteiger charge is -2.41. The van der Waals surface area contributed by atoms with Crippen LogP contribution in [0.5, 0.6) is 0 Å². The van der Waals surface area contributed by atoms with Crippen LogP contribution in [-0.4, -0.2) is 55.0 Å². The monoisotopic (exact) mass is 232 g/mol. The van der Waals surface area contributed by atoms with Crippen molar-refractivity contribution in [3.63, 3.8) is 0 Å². The highest BCUT2D eigenvalue weighted by molar-refractivity contribution is 4.94. The fourth-order valence-corrected chi connectivity index (χ4v) is 3.03. The first kappa shape index (κ1) is 12.2. The first-order valence-electron chi connectivity index (χ1n) is 6.33. The van der Waals surface area contributed by atoms with E-state index in [9.17, 15) is 8.78 Å². The van der Waals surface area contributed by atoms with Crippen LogP contribution in [0.3, 0.4) is 0 Å². The van der Waals surface area contributed by atoms with E-state index in [-0.39, 0.29) is 6.54 Å². The van der Waals surface area contributed by atoms with Crippen molar-refractivity contribution in [2.24, 2.45) is 5.92 Å². The standard InChI is InChI=1S/C12H22F2N2/c1-3-10-4-7-16(8-10)11-5-6-15(2)9-12(11,13)14/h10-11H,3-9H2,1-2H3. The molecule has 0 bridgehead atoms. The van der Waals surface area contributed by atoms with Gasteiger partial charge in [0.15, 0.2) is 0 Å². The van der Waals surface area contributed by atoms with Crippen LogP contribution in [0.15, 0.2) is 0 Å². The highest BCUT2D eigenvalue weighted by atomic mass is 19.3. The molecule has 94 valence electrons. The van der Waals surface area contributed by atoms with Gasteiger partial charge >= 0.3 is 0 Å². The minimum atomic E-state index is -2.53. The molecule has 0 N–H and O–H groups in total. The molecule has 2 nitrogen and oxygen atoms in total. The number of piperidine rings is 1. The van der Waals surface area contributed by atoms with E-state index in [1.165, 1.54) is 0 Å². The Kier molecular flexibility index (Phi) is 3.50. The molecule has 2 heterocycles. The van der Waals surface area contributed by atoms with Crippen molar-refractivity contribution in [3.05, 3.63) is 0 Å². The second-order valence-corrected chi connectivity index (χ2v) is 5.36. The van der Waals surface area contributed by atoms with Gasteiger partial charge in [-0.3, -0.25) is 4.90 Å². The van der Waals surface area contributed by atoms with Crippen molar-refractivity contribution >= 4 is 0 Å². The van der Waals surface area contributed by atoms with E-state index in [2.05, 4.69) is 6.92 Å². The van der Waals surface area contributed by atoms with Crippen LogP contribution in [-0.2, 0) is 0 Å². The van der Waals surface area contributed by atoms with Gasteiger partial charge in [0, 0.05) is 6.54 Å². The summed E-state index contributed by atoms with van der Waals surface area (Å²) in [5.41, 5.74) is 0. The molecule has 2 aliphatic heterocycles. The molecule has 0 aromatic carbocycles. The third-order valence-electron chi connectivity index (χ3n) is 4.09. The van der Waals surface area contributed by atoms with Crippen LogP contribution >= 0.6 is 0 Å². The first-order valence-corrected chi connectivity index (χ1v) is 6.33. The van der Waals surface area contributed by atoms with Gasteiger partial charge in [0.05, 0.1) is 12.6 Å². The second kappa shape index (κ2) is 4.57. The van der Waals surface area contributed by atoms with E-state index in [4.69, 9.17) is 0 Å². The van der Waals surface area contributed by atoms with Crippen molar-refractivity contribution in [1.29, 1.82) is 0 Å². The largest absolute Gasteiger partial charge is 0.300 e. The lowest BCUT2D eigenvalue weighted by atomic mass is 9.99. The van der Waals surface area contributed by atoms with Crippen LogP contribution < -0.4 is 0 Å². The maximum atomic E-state index is 13.9. The molecule has 4 heteroatoms. The predicted molar refractivity (Wildman–Crippen MR) is 60.8 cm³/mol. The molecule has 2 unspecified atom stereocenters. The second-order valence-electron chi connectivity index (χ2n) is 5.36. The summed E-state index contributed by atoms with van der Waals surface area (Å²) in [6.07, 6.45) is 2.83. The number of hydrogen-bond acceptors (Lipinski definition) is 2. The summed E-state index contributed by atoms with van der Waals surface area (Å²) in [7, 11) is 1.78. The summed E-state index contributed by atoms with van der Waals surface area (Å²) in [5.74, 6) is -1.90. The van der Waals surface area contributed by atoms with Gasteiger partial charge in [-0.2, -0.15) is 0 Å². The molecule has 0 radical (unpaired) electrons. The van der Waals surface area contributed by atoms with Gasteiger partial charge in [0.1, 0.15) is 0 Å². The van der Waals surface area contributed by atoms with Gasteiger partial charge in [0.25, 0.3) is 5.92 Å². The Balaban J connectivity index is 1.98. The predicted octanol–water partition coefficient (Wildman–Crippen LogP) is 2.06.